The molecule has 0 aromatic carbocycles. The van der Waals surface area contributed by atoms with Crippen LogP contribution in [-0.2, 0) is 0 Å². The molecule has 3 rings (SSSR count). The van der Waals surface area contributed by atoms with Gasteiger partial charge in [-0.05, 0) is 44.5 Å². The van der Waals surface area contributed by atoms with Crippen molar-refractivity contribution in [1.29, 1.82) is 0 Å². The van der Waals surface area contributed by atoms with Crippen LogP contribution in [0.1, 0.15) is 33.1 Å². The van der Waals surface area contributed by atoms with Crippen molar-refractivity contribution in [2.24, 2.45) is 5.73 Å². The molecule has 0 spiro atoms. The Kier molecular flexibility index (Phi) is 7.88. The summed E-state index contributed by atoms with van der Waals surface area (Å²) in [6, 6.07) is 6.39. The highest BCUT2D eigenvalue weighted by Crippen LogP contribution is 2.28. The van der Waals surface area contributed by atoms with Crippen molar-refractivity contribution >= 4 is 16.7 Å². The molecule has 0 amide bonds. The lowest BCUT2D eigenvalue weighted by Gasteiger charge is -2.20. The summed E-state index contributed by atoms with van der Waals surface area (Å²) in [5.41, 5.74) is 8.50. The third-order valence-corrected chi connectivity index (χ3v) is 4.34. The molecule has 0 saturated carbocycles. The van der Waals surface area contributed by atoms with Crippen LogP contribution in [0.3, 0.4) is 0 Å². The fourth-order valence-electron chi connectivity index (χ4n) is 3.08. The van der Waals surface area contributed by atoms with Crippen molar-refractivity contribution < 1.29 is 4.74 Å². The van der Waals surface area contributed by atoms with Gasteiger partial charge in [0.05, 0.1) is 18.3 Å². The van der Waals surface area contributed by atoms with E-state index < -0.39 is 0 Å². The average Bonchev–Trinajstić information content (AvgIpc) is 3.14. The molecule has 1 aliphatic heterocycles. The second-order valence-electron chi connectivity index (χ2n) is 5.93. The second kappa shape index (κ2) is 10.2. The molecule has 3 heterocycles. The molecule has 1 fully saturated rings. The van der Waals surface area contributed by atoms with E-state index >= 15 is 0 Å². The van der Waals surface area contributed by atoms with E-state index in [9.17, 15) is 0 Å². The molecule has 6 nitrogen and oxygen atoms in total. The molecule has 0 bridgehead atoms. The maximum Gasteiger partial charge on any atom is 0.213 e. The monoisotopic (exact) mass is 345 g/mol. The Morgan fingerprint density at radius 3 is 2.88 bits per heavy atom. The van der Waals surface area contributed by atoms with Gasteiger partial charge in [0.2, 0.25) is 5.88 Å². The van der Waals surface area contributed by atoms with Crippen molar-refractivity contribution in [2.75, 3.05) is 38.2 Å². The van der Waals surface area contributed by atoms with Crippen molar-refractivity contribution in [1.82, 2.24) is 15.3 Å². The quantitative estimate of drug-likeness (QED) is 0.751. The molecule has 1 aliphatic rings. The Bertz CT molecular complexity index is 649. The number of hydrogen-bond acceptors (Lipinski definition) is 6. The van der Waals surface area contributed by atoms with Gasteiger partial charge in [0.15, 0.2) is 0 Å². The molecule has 3 N–H and O–H groups in total. The first kappa shape index (κ1) is 19.4. The molecule has 1 saturated heterocycles. The number of unbranched alkanes of at least 4 members (excludes halogenated alkanes) is 1. The van der Waals surface area contributed by atoms with Crippen LogP contribution in [0.15, 0.2) is 24.4 Å². The predicted molar refractivity (Wildman–Crippen MR) is 104 cm³/mol. The summed E-state index contributed by atoms with van der Waals surface area (Å²) in [4.78, 5) is 11.4. The highest BCUT2D eigenvalue weighted by atomic mass is 16.5. The van der Waals surface area contributed by atoms with Crippen molar-refractivity contribution in [3.8, 4) is 5.88 Å². The second-order valence-corrected chi connectivity index (χ2v) is 5.93. The van der Waals surface area contributed by atoms with Crippen LogP contribution >= 0.6 is 0 Å². The SMILES string of the molecule is CC.COc1ccc2nccc(N3CCC(NCCCCN)C3)c2n1. The number of anilines is 1. The zero-order chi connectivity index (χ0) is 18.1. The predicted octanol–water partition coefficient (Wildman–Crippen LogP) is 2.57. The van der Waals surface area contributed by atoms with Crippen molar-refractivity contribution in [3.05, 3.63) is 24.4 Å². The summed E-state index contributed by atoms with van der Waals surface area (Å²) in [6.07, 6.45) is 5.23. The molecule has 2 aromatic heterocycles. The van der Waals surface area contributed by atoms with Gasteiger partial charge in [-0.15, -0.1) is 0 Å². The topological polar surface area (TPSA) is 76.3 Å². The van der Waals surface area contributed by atoms with E-state index in [1.165, 1.54) is 0 Å². The lowest BCUT2D eigenvalue weighted by molar-refractivity contribution is 0.399. The van der Waals surface area contributed by atoms with Gasteiger partial charge in [-0.2, -0.15) is 0 Å². The number of pyridine rings is 2. The Morgan fingerprint density at radius 2 is 2.12 bits per heavy atom. The van der Waals surface area contributed by atoms with Gasteiger partial charge in [-0.1, -0.05) is 13.8 Å². The Morgan fingerprint density at radius 1 is 1.28 bits per heavy atom. The third-order valence-electron chi connectivity index (χ3n) is 4.34. The van der Waals surface area contributed by atoms with Gasteiger partial charge in [-0.3, -0.25) is 4.98 Å². The van der Waals surface area contributed by atoms with Gasteiger partial charge < -0.3 is 20.7 Å². The molecule has 1 unspecified atom stereocenters. The zero-order valence-corrected chi connectivity index (χ0v) is 15.7. The number of fused-ring (bicyclic) bond motifs is 1. The first-order valence-electron chi connectivity index (χ1n) is 9.30. The minimum atomic E-state index is 0.529. The average molecular weight is 345 g/mol. The van der Waals surface area contributed by atoms with Crippen LogP contribution < -0.4 is 20.7 Å². The maximum atomic E-state index is 5.54. The molecule has 25 heavy (non-hydrogen) atoms. The van der Waals surface area contributed by atoms with E-state index in [1.807, 2.05) is 38.2 Å². The molecule has 1 atom stereocenters. The summed E-state index contributed by atoms with van der Waals surface area (Å²) in [5.74, 6) is 0.627. The summed E-state index contributed by atoms with van der Waals surface area (Å²) < 4.78 is 5.26. The molecule has 6 heteroatoms. The van der Waals surface area contributed by atoms with Crippen LogP contribution in [0.2, 0.25) is 0 Å². The summed E-state index contributed by atoms with van der Waals surface area (Å²) in [6.45, 7) is 7.85. The Hall–Kier alpha value is -1.92. The van der Waals surface area contributed by atoms with E-state index in [-0.39, 0.29) is 0 Å². The van der Waals surface area contributed by atoms with Gasteiger partial charge in [0.1, 0.15) is 5.52 Å². The van der Waals surface area contributed by atoms with Crippen molar-refractivity contribution in [3.63, 3.8) is 0 Å². The fraction of sp³-hybridized carbons (Fsp3) is 0.579. The Labute approximate surface area is 150 Å². The van der Waals surface area contributed by atoms with Crippen LogP contribution in [0, 0.1) is 0 Å². The fourth-order valence-corrected chi connectivity index (χ4v) is 3.08. The summed E-state index contributed by atoms with van der Waals surface area (Å²) in [7, 11) is 1.64. The van der Waals surface area contributed by atoms with Crippen LogP contribution in [0.4, 0.5) is 5.69 Å². The lowest BCUT2D eigenvalue weighted by Crippen LogP contribution is -2.33. The van der Waals surface area contributed by atoms with Crippen LogP contribution in [0.25, 0.3) is 11.0 Å². The van der Waals surface area contributed by atoms with Gasteiger partial charge in [0.25, 0.3) is 0 Å². The van der Waals surface area contributed by atoms with E-state index in [4.69, 9.17) is 10.5 Å². The minimum absolute atomic E-state index is 0.529. The standard InChI is InChI=1S/C17H25N5O.C2H6/c1-23-16-5-4-14-17(21-16)15(6-10-20-14)22-11-7-13(12-22)19-9-3-2-8-18;1-2/h4-6,10,13,19H,2-3,7-9,11-12,18H2,1H3;1-2H3. The highest BCUT2D eigenvalue weighted by Gasteiger charge is 2.24. The van der Waals surface area contributed by atoms with E-state index in [0.717, 1.165) is 62.2 Å². The first-order valence-corrected chi connectivity index (χ1v) is 9.30. The summed E-state index contributed by atoms with van der Waals surface area (Å²) >= 11 is 0. The number of aromatic nitrogens is 2. The third kappa shape index (κ3) is 5.03. The van der Waals surface area contributed by atoms with E-state index in [0.29, 0.717) is 11.9 Å². The van der Waals surface area contributed by atoms with Crippen LogP contribution in [-0.4, -0.2) is 49.3 Å². The first-order chi connectivity index (χ1) is 12.3. The highest BCUT2D eigenvalue weighted by molar-refractivity contribution is 5.88. The maximum absolute atomic E-state index is 5.54. The molecular formula is C19H31N5O. The van der Waals surface area contributed by atoms with Gasteiger partial charge in [0, 0.05) is 31.4 Å². The molecule has 2 aromatic rings. The normalized spacial score (nSPS) is 16.6. The number of methoxy groups -OCH3 is 1. The smallest absolute Gasteiger partial charge is 0.213 e. The van der Waals surface area contributed by atoms with Gasteiger partial charge in [-0.25, -0.2) is 4.98 Å². The number of hydrogen-bond donors (Lipinski definition) is 2. The Balaban J connectivity index is 0.00000109. The number of ether oxygens (including phenoxy) is 1. The lowest BCUT2D eigenvalue weighted by atomic mass is 10.2. The van der Waals surface area contributed by atoms with Crippen molar-refractivity contribution in [2.45, 2.75) is 39.2 Å². The molecule has 0 aliphatic carbocycles. The number of nitrogens with zero attached hydrogens (tertiary/aromatic N) is 3. The van der Waals surface area contributed by atoms with E-state index in [2.05, 4.69) is 20.2 Å². The van der Waals surface area contributed by atoms with Gasteiger partial charge >= 0.3 is 0 Å². The number of nitrogens with two attached hydrogens (primary N) is 1. The molecule has 0 radical (unpaired) electrons. The summed E-state index contributed by atoms with van der Waals surface area (Å²) in [5, 5.41) is 3.63. The molecular weight excluding hydrogens is 314 g/mol. The zero-order valence-electron chi connectivity index (χ0n) is 15.7. The van der Waals surface area contributed by atoms with Crippen LogP contribution in [0.5, 0.6) is 5.88 Å². The van der Waals surface area contributed by atoms with E-state index in [1.54, 1.807) is 7.11 Å². The largest absolute Gasteiger partial charge is 0.481 e. The number of nitrogens with one attached hydrogen (secondary N) is 1. The minimum Gasteiger partial charge on any atom is -0.481 e. The molecule has 138 valence electrons. The number of rotatable bonds is 7.